The van der Waals surface area contributed by atoms with Crippen molar-refractivity contribution >= 4 is 5.69 Å². The van der Waals surface area contributed by atoms with Gasteiger partial charge < -0.3 is 10.2 Å². The first-order valence-corrected chi connectivity index (χ1v) is 7.96. The van der Waals surface area contributed by atoms with Gasteiger partial charge in [0.1, 0.15) is 0 Å². The minimum Gasteiger partial charge on any atom is -0.370 e. The van der Waals surface area contributed by atoms with Crippen LogP contribution in [0.2, 0.25) is 0 Å². The summed E-state index contributed by atoms with van der Waals surface area (Å²) < 4.78 is 40.7. The SMILES string of the molecule is CC(C)Cc1cc2c(c(C(F)(F)F)c1)N(C)C1CCNCC21. The molecule has 1 aromatic rings. The molecule has 2 unspecified atom stereocenters. The monoisotopic (exact) mass is 312 g/mol. The second-order valence-corrected chi connectivity index (χ2v) is 6.95. The van der Waals surface area contributed by atoms with E-state index in [1.54, 1.807) is 0 Å². The van der Waals surface area contributed by atoms with E-state index in [1.807, 2.05) is 31.9 Å². The van der Waals surface area contributed by atoms with Crippen molar-refractivity contribution in [3.63, 3.8) is 0 Å². The van der Waals surface area contributed by atoms with Crippen molar-refractivity contribution in [2.45, 2.75) is 44.8 Å². The second-order valence-electron chi connectivity index (χ2n) is 6.95. The smallest absolute Gasteiger partial charge is 0.370 e. The fourth-order valence-corrected chi connectivity index (χ4v) is 3.99. The lowest BCUT2D eigenvalue weighted by molar-refractivity contribution is -0.137. The third-order valence-corrected chi connectivity index (χ3v) is 4.84. The van der Waals surface area contributed by atoms with Gasteiger partial charge in [-0.1, -0.05) is 19.9 Å². The van der Waals surface area contributed by atoms with Gasteiger partial charge in [-0.05, 0) is 42.5 Å². The number of benzene rings is 1. The molecule has 2 aliphatic rings. The highest BCUT2D eigenvalue weighted by atomic mass is 19.4. The number of hydrogen-bond acceptors (Lipinski definition) is 2. The lowest BCUT2D eigenvalue weighted by Gasteiger charge is -2.31. The van der Waals surface area contributed by atoms with Crippen molar-refractivity contribution in [3.8, 4) is 0 Å². The average molecular weight is 312 g/mol. The highest BCUT2D eigenvalue weighted by molar-refractivity contribution is 5.68. The summed E-state index contributed by atoms with van der Waals surface area (Å²) in [6.07, 6.45) is -2.72. The topological polar surface area (TPSA) is 15.3 Å². The van der Waals surface area contributed by atoms with Gasteiger partial charge in [-0.15, -0.1) is 0 Å². The summed E-state index contributed by atoms with van der Waals surface area (Å²) in [5, 5.41) is 3.33. The van der Waals surface area contributed by atoms with Crippen molar-refractivity contribution in [1.29, 1.82) is 0 Å². The van der Waals surface area contributed by atoms with Crippen molar-refractivity contribution in [3.05, 3.63) is 28.8 Å². The van der Waals surface area contributed by atoms with Gasteiger partial charge in [0, 0.05) is 25.6 Å². The number of anilines is 1. The van der Waals surface area contributed by atoms with Crippen molar-refractivity contribution in [2.24, 2.45) is 5.92 Å². The molecular formula is C17H23F3N2. The number of piperidine rings is 1. The number of alkyl halides is 3. The first kappa shape index (κ1) is 15.7. The molecule has 22 heavy (non-hydrogen) atoms. The van der Waals surface area contributed by atoms with Crippen LogP contribution in [0.15, 0.2) is 12.1 Å². The molecular weight excluding hydrogens is 289 g/mol. The maximum absolute atomic E-state index is 13.6. The molecule has 2 aliphatic heterocycles. The highest BCUT2D eigenvalue weighted by Crippen LogP contribution is 2.49. The van der Waals surface area contributed by atoms with Gasteiger partial charge in [0.25, 0.3) is 0 Å². The molecule has 122 valence electrons. The van der Waals surface area contributed by atoms with Gasteiger partial charge in [-0.2, -0.15) is 13.2 Å². The Bertz CT molecular complexity index is 566. The summed E-state index contributed by atoms with van der Waals surface area (Å²) in [7, 11) is 1.81. The normalized spacial score (nSPS) is 24.6. The molecule has 0 aliphatic carbocycles. The zero-order valence-electron chi connectivity index (χ0n) is 13.3. The number of likely N-dealkylation sites (N-methyl/N-ethyl adjacent to an activating group) is 1. The van der Waals surface area contributed by atoms with Crippen LogP contribution in [-0.4, -0.2) is 26.2 Å². The fourth-order valence-electron chi connectivity index (χ4n) is 3.99. The minimum atomic E-state index is -4.30. The molecule has 3 rings (SSSR count). The Morgan fingerprint density at radius 1 is 1.32 bits per heavy atom. The summed E-state index contributed by atoms with van der Waals surface area (Å²) in [6.45, 7) is 5.72. The highest BCUT2D eigenvalue weighted by Gasteiger charge is 2.44. The van der Waals surface area contributed by atoms with Crippen molar-refractivity contribution < 1.29 is 13.2 Å². The standard InChI is InChI=1S/C17H23F3N2/c1-10(2)6-11-7-12-13-9-21-5-4-15(13)22(3)16(12)14(8-11)17(18,19)20/h7-8,10,13,15,21H,4-6,9H2,1-3H3. The molecule has 0 saturated carbocycles. The first-order valence-electron chi connectivity index (χ1n) is 7.96. The molecule has 1 N–H and O–H groups in total. The molecule has 0 aromatic heterocycles. The van der Waals surface area contributed by atoms with E-state index in [2.05, 4.69) is 5.32 Å². The van der Waals surface area contributed by atoms with E-state index in [1.165, 1.54) is 6.07 Å². The molecule has 0 radical (unpaired) electrons. The molecule has 1 aromatic carbocycles. The Hall–Kier alpha value is -1.23. The lowest BCUT2D eigenvalue weighted by atomic mass is 9.87. The fraction of sp³-hybridized carbons (Fsp3) is 0.647. The summed E-state index contributed by atoms with van der Waals surface area (Å²) >= 11 is 0. The maximum atomic E-state index is 13.6. The number of fused-ring (bicyclic) bond motifs is 3. The van der Waals surface area contributed by atoms with Gasteiger partial charge in [0.15, 0.2) is 0 Å². The van der Waals surface area contributed by atoms with Gasteiger partial charge in [0.05, 0.1) is 11.3 Å². The van der Waals surface area contributed by atoms with Crippen LogP contribution in [0.25, 0.3) is 0 Å². The summed E-state index contributed by atoms with van der Waals surface area (Å²) in [6, 6.07) is 3.56. The molecule has 0 bridgehead atoms. The summed E-state index contributed by atoms with van der Waals surface area (Å²) in [4.78, 5) is 1.86. The van der Waals surface area contributed by atoms with E-state index in [4.69, 9.17) is 0 Å². The van der Waals surface area contributed by atoms with E-state index in [9.17, 15) is 13.2 Å². The van der Waals surface area contributed by atoms with Crippen molar-refractivity contribution in [1.82, 2.24) is 5.32 Å². The van der Waals surface area contributed by atoms with Crippen LogP contribution in [0.4, 0.5) is 18.9 Å². The van der Waals surface area contributed by atoms with Crippen LogP contribution in [0, 0.1) is 5.92 Å². The molecule has 0 spiro atoms. The van der Waals surface area contributed by atoms with Gasteiger partial charge in [-0.25, -0.2) is 0 Å². The van der Waals surface area contributed by atoms with Crippen LogP contribution in [0.5, 0.6) is 0 Å². The van der Waals surface area contributed by atoms with E-state index < -0.39 is 11.7 Å². The largest absolute Gasteiger partial charge is 0.418 e. The third kappa shape index (κ3) is 2.60. The third-order valence-electron chi connectivity index (χ3n) is 4.84. The quantitative estimate of drug-likeness (QED) is 0.893. The number of nitrogens with one attached hydrogen (secondary N) is 1. The molecule has 5 heteroatoms. The van der Waals surface area contributed by atoms with Gasteiger partial charge in [-0.3, -0.25) is 0 Å². The predicted octanol–water partition coefficient (Wildman–Crippen LogP) is 3.80. The Morgan fingerprint density at radius 3 is 2.68 bits per heavy atom. The minimum absolute atomic E-state index is 0.168. The van der Waals surface area contributed by atoms with Crippen molar-refractivity contribution in [2.75, 3.05) is 25.0 Å². The van der Waals surface area contributed by atoms with Crippen LogP contribution in [-0.2, 0) is 12.6 Å². The molecule has 2 atom stereocenters. The Balaban J connectivity index is 2.13. The maximum Gasteiger partial charge on any atom is 0.418 e. The molecule has 1 fully saturated rings. The van der Waals surface area contributed by atoms with Crippen LogP contribution < -0.4 is 10.2 Å². The van der Waals surface area contributed by atoms with Crippen LogP contribution >= 0.6 is 0 Å². The second kappa shape index (κ2) is 5.44. The Kier molecular flexibility index (Phi) is 3.87. The number of nitrogens with zero attached hydrogens (tertiary/aromatic N) is 1. The molecule has 2 nitrogen and oxygen atoms in total. The molecule has 2 heterocycles. The first-order chi connectivity index (χ1) is 10.3. The van der Waals surface area contributed by atoms with E-state index >= 15 is 0 Å². The van der Waals surface area contributed by atoms with E-state index in [-0.39, 0.29) is 12.0 Å². The van der Waals surface area contributed by atoms with Gasteiger partial charge in [0.2, 0.25) is 0 Å². The summed E-state index contributed by atoms with van der Waals surface area (Å²) in [5.74, 6) is 0.514. The average Bonchev–Trinajstić information content (AvgIpc) is 2.71. The zero-order valence-corrected chi connectivity index (χ0v) is 13.3. The zero-order chi connectivity index (χ0) is 16.1. The van der Waals surface area contributed by atoms with E-state index in [0.29, 0.717) is 18.0 Å². The number of rotatable bonds is 2. The summed E-state index contributed by atoms with van der Waals surface area (Å²) in [5.41, 5.74) is 1.63. The Morgan fingerprint density at radius 2 is 2.05 bits per heavy atom. The van der Waals surface area contributed by atoms with Crippen LogP contribution in [0.3, 0.4) is 0 Å². The van der Waals surface area contributed by atoms with Crippen LogP contribution in [0.1, 0.15) is 42.9 Å². The van der Waals surface area contributed by atoms with Gasteiger partial charge >= 0.3 is 6.18 Å². The Labute approximate surface area is 129 Å². The predicted molar refractivity (Wildman–Crippen MR) is 82.4 cm³/mol. The number of hydrogen-bond donors (Lipinski definition) is 1. The number of halogens is 3. The van der Waals surface area contributed by atoms with E-state index in [0.717, 1.165) is 30.6 Å². The molecule has 0 amide bonds. The lowest BCUT2D eigenvalue weighted by Crippen LogP contribution is -2.42. The molecule has 1 saturated heterocycles.